The third-order valence-corrected chi connectivity index (χ3v) is 4.14. The summed E-state index contributed by atoms with van der Waals surface area (Å²) in [5.41, 5.74) is 2.18. The second-order valence-electron chi connectivity index (χ2n) is 5.81. The molecule has 1 amide bonds. The van der Waals surface area contributed by atoms with Gasteiger partial charge in [-0.2, -0.15) is 0 Å². The summed E-state index contributed by atoms with van der Waals surface area (Å²) in [6.45, 7) is 3.44. The van der Waals surface area contributed by atoms with Crippen molar-refractivity contribution in [3.05, 3.63) is 47.3 Å². The van der Waals surface area contributed by atoms with Crippen LogP contribution < -0.4 is 5.32 Å². The molecule has 1 saturated heterocycles. The molecule has 1 aromatic carbocycles. The van der Waals surface area contributed by atoms with Gasteiger partial charge < -0.3 is 15.0 Å². The van der Waals surface area contributed by atoms with E-state index in [4.69, 9.17) is 4.74 Å². The summed E-state index contributed by atoms with van der Waals surface area (Å²) in [6, 6.07) is 6.20. The number of likely N-dealkylation sites (tertiary alicyclic amines) is 1. The predicted molar refractivity (Wildman–Crippen MR) is 81.7 cm³/mol. The third-order valence-electron chi connectivity index (χ3n) is 4.14. The molecule has 0 saturated carbocycles. The zero-order valence-electron chi connectivity index (χ0n) is 12.6. The molecule has 22 heavy (non-hydrogen) atoms. The van der Waals surface area contributed by atoms with Crippen molar-refractivity contribution in [2.75, 3.05) is 26.3 Å². The lowest BCUT2D eigenvalue weighted by Crippen LogP contribution is -2.39. The van der Waals surface area contributed by atoms with E-state index in [1.807, 2.05) is 4.90 Å². The van der Waals surface area contributed by atoms with Gasteiger partial charge in [0, 0.05) is 19.6 Å². The Hall–Kier alpha value is -1.72. The number of nitrogens with one attached hydrogen (secondary N) is 1. The van der Waals surface area contributed by atoms with Gasteiger partial charge in [0.05, 0.1) is 19.3 Å². The van der Waals surface area contributed by atoms with Gasteiger partial charge in [0.2, 0.25) is 5.91 Å². The van der Waals surface area contributed by atoms with Gasteiger partial charge in [0.1, 0.15) is 5.82 Å². The second kappa shape index (κ2) is 7.03. The van der Waals surface area contributed by atoms with Crippen molar-refractivity contribution in [2.45, 2.75) is 25.4 Å². The monoisotopic (exact) mass is 304 g/mol. The fourth-order valence-electron chi connectivity index (χ4n) is 2.88. The quantitative estimate of drug-likeness (QED) is 0.844. The Morgan fingerprint density at radius 1 is 1.32 bits per heavy atom. The summed E-state index contributed by atoms with van der Waals surface area (Å²) in [7, 11) is 0. The Balaban J connectivity index is 1.51. The highest BCUT2D eigenvalue weighted by Crippen LogP contribution is 2.16. The fourth-order valence-corrected chi connectivity index (χ4v) is 2.88. The number of carbonyl (C=O) groups is 1. The van der Waals surface area contributed by atoms with Crippen molar-refractivity contribution >= 4 is 5.91 Å². The highest BCUT2D eigenvalue weighted by molar-refractivity contribution is 5.84. The van der Waals surface area contributed by atoms with Crippen LogP contribution in [0.2, 0.25) is 0 Å². The summed E-state index contributed by atoms with van der Waals surface area (Å²) < 4.78 is 18.3. The SMILES string of the molecule is O=C1C(NCC2=CCCOC2)CCN1Cc1ccc(F)cc1. The van der Waals surface area contributed by atoms with Gasteiger partial charge in [0.15, 0.2) is 0 Å². The maximum absolute atomic E-state index is 12.9. The molecule has 4 nitrogen and oxygen atoms in total. The minimum Gasteiger partial charge on any atom is -0.377 e. The van der Waals surface area contributed by atoms with E-state index in [0.29, 0.717) is 19.7 Å². The minimum absolute atomic E-state index is 0.122. The van der Waals surface area contributed by atoms with Crippen LogP contribution in [0.1, 0.15) is 18.4 Å². The topological polar surface area (TPSA) is 41.6 Å². The van der Waals surface area contributed by atoms with Crippen LogP contribution in [0, 0.1) is 5.82 Å². The maximum Gasteiger partial charge on any atom is 0.240 e. The Labute approximate surface area is 129 Å². The molecular weight excluding hydrogens is 283 g/mol. The molecule has 0 radical (unpaired) electrons. The molecule has 1 aromatic rings. The molecular formula is C17H21FN2O2. The molecule has 3 rings (SSSR count). The van der Waals surface area contributed by atoms with E-state index in [0.717, 1.165) is 31.6 Å². The molecule has 1 N–H and O–H groups in total. The van der Waals surface area contributed by atoms with Crippen LogP contribution in [-0.2, 0) is 16.1 Å². The van der Waals surface area contributed by atoms with E-state index in [2.05, 4.69) is 11.4 Å². The minimum atomic E-state index is -0.251. The number of rotatable bonds is 5. The Morgan fingerprint density at radius 3 is 2.86 bits per heavy atom. The van der Waals surface area contributed by atoms with Gasteiger partial charge in [-0.15, -0.1) is 0 Å². The molecule has 0 bridgehead atoms. The molecule has 2 aliphatic heterocycles. The molecule has 2 aliphatic rings. The van der Waals surface area contributed by atoms with Gasteiger partial charge in [0.25, 0.3) is 0 Å². The largest absolute Gasteiger partial charge is 0.377 e. The van der Waals surface area contributed by atoms with Crippen molar-refractivity contribution in [3.63, 3.8) is 0 Å². The predicted octanol–water partition coefficient (Wildman–Crippen LogP) is 1.86. The van der Waals surface area contributed by atoms with E-state index in [1.165, 1.54) is 17.7 Å². The molecule has 1 unspecified atom stereocenters. The average Bonchev–Trinajstić information content (AvgIpc) is 2.89. The second-order valence-corrected chi connectivity index (χ2v) is 5.81. The van der Waals surface area contributed by atoms with Crippen molar-refractivity contribution in [3.8, 4) is 0 Å². The van der Waals surface area contributed by atoms with E-state index >= 15 is 0 Å². The van der Waals surface area contributed by atoms with Gasteiger partial charge in [-0.1, -0.05) is 18.2 Å². The lowest BCUT2D eigenvalue weighted by Gasteiger charge is -2.19. The molecule has 2 heterocycles. The van der Waals surface area contributed by atoms with Crippen LogP contribution in [0.15, 0.2) is 35.9 Å². The number of nitrogens with zero attached hydrogens (tertiary/aromatic N) is 1. The maximum atomic E-state index is 12.9. The Bertz CT molecular complexity index is 556. The van der Waals surface area contributed by atoms with E-state index in [9.17, 15) is 9.18 Å². The highest BCUT2D eigenvalue weighted by atomic mass is 19.1. The number of halogens is 1. The molecule has 0 spiro atoms. The normalized spacial score (nSPS) is 22.0. The smallest absolute Gasteiger partial charge is 0.240 e. The first-order chi connectivity index (χ1) is 10.7. The number of benzene rings is 1. The Morgan fingerprint density at radius 2 is 2.14 bits per heavy atom. The molecule has 0 aliphatic carbocycles. The number of hydrogen-bond acceptors (Lipinski definition) is 3. The van der Waals surface area contributed by atoms with Crippen molar-refractivity contribution in [1.29, 1.82) is 0 Å². The van der Waals surface area contributed by atoms with Crippen molar-refractivity contribution in [1.82, 2.24) is 10.2 Å². The first-order valence-corrected chi connectivity index (χ1v) is 7.74. The molecule has 118 valence electrons. The molecule has 1 fully saturated rings. The molecule has 1 atom stereocenters. The number of hydrogen-bond donors (Lipinski definition) is 1. The van der Waals surface area contributed by atoms with E-state index < -0.39 is 0 Å². The van der Waals surface area contributed by atoms with Gasteiger partial charge in [-0.05, 0) is 36.1 Å². The Kier molecular flexibility index (Phi) is 4.85. The zero-order valence-corrected chi connectivity index (χ0v) is 12.6. The van der Waals surface area contributed by atoms with Crippen LogP contribution in [0.3, 0.4) is 0 Å². The van der Waals surface area contributed by atoms with Crippen LogP contribution in [0.4, 0.5) is 4.39 Å². The van der Waals surface area contributed by atoms with E-state index in [1.54, 1.807) is 12.1 Å². The standard InChI is InChI=1S/C17H21FN2O2/c18-15-5-3-13(4-6-15)11-20-8-7-16(17(20)21)19-10-14-2-1-9-22-12-14/h2-6,16,19H,1,7-12H2. The lowest BCUT2D eigenvalue weighted by molar-refractivity contribution is -0.129. The zero-order chi connectivity index (χ0) is 15.4. The van der Waals surface area contributed by atoms with Crippen LogP contribution >= 0.6 is 0 Å². The highest BCUT2D eigenvalue weighted by Gasteiger charge is 2.31. The summed E-state index contributed by atoms with van der Waals surface area (Å²) >= 11 is 0. The van der Waals surface area contributed by atoms with Crippen LogP contribution in [-0.4, -0.2) is 43.2 Å². The van der Waals surface area contributed by atoms with Crippen LogP contribution in [0.25, 0.3) is 0 Å². The molecule has 0 aromatic heterocycles. The molecule has 5 heteroatoms. The van der Waals surface area contributed by atoms with E-state index in [-0.39, 0.29) is 17.8 Å². The number of ether oxygens (including phenoxy) is 1. The third kappa shape index (κ3) is 3.72. The van der Waals surface area contributed by atoms with Gasteiger partial charge in [-0.3, -0.25) is 4.79 Å². The first kappa shape index (κ1) is 15.2. The number of amides is 1. The van der Waals surface area contributed by atoms with Crippen molar-refractivity contribution < 1.29 is 13.9 Å². The van der Waals surface area contributed by atoms with Gasteiger partial charge in [-0.25, -0.2) is 4.39 Å². The van der Waals surface area contributed by atoms with Gasteiger partial charge >= 0.3 is 0 Å². The summed E-state index contributed by atoms with van der Waals surface area (Å²) in [5.74, 6) is -0.124. The van der Waals surface area contributed by atoms with Crippen LogP contribution in [0.5, 0.6) is 0 Å². The first-order valence-electron chi connectivity index (χ1n) is 7.74. The lowest BCUT2D eigenvalue weighted by atomic mass is 10.1. The average molecular weight is 304 g/mol. The summed E-state index contributed by atoms with van der Waals surface area (Å²) in [5, 5.41) is 3.33. The summed E-state index contributed by atoms with van der Waals surface area (Å²) in [4.78, 5) is 14.2. The number of carbonyl (C=O) groups excluding carboxylic acids is 1. The fraction of sp³-hybridized carbons (Fsp3) is 0.471. The summed E-state index contributed by atoms with van der Waals surface area (Å²) in [6.07, 6.45) is 3.95. The van der Waals surface area contributed by atoms with Crippen molar-refractivity contribution in [2.24, 2.45) is 0 Å².